The van der Waals surface area contributed by atoms with Crippen LogP contribution in [-0.4, -0.2) is 37.2 Å². The van der Waals surface area contributed by atoms with Crippen LogP contribution in [0.4, 0.5) is 0 Å². The van der Waals surface area contributed by atoms with Crippen LogP contribution in [0.1, 0.15) is 57.6 Å². The minimum Gasteiger partial charge on any atom is -0.493 e. The Morgan fingerprint density at radius 3 is 2.33 bits per heavy atom. The Kier molecular flexibility index (Phi) is 11.3. The number of amides is 1. The summed E-state index contributed by atoms with van der Waals surface area (Å²) < 4.78 is 13.1. The molecule has 0 saturated carbocycles. The van der Waals surface area contributed by atoms with Crippen LogP contribution in [0.5, 0.6) is 11.5 Å². The zero-order valence-electron chi connectivity index (χ0n) is 20.7. The van der Waals surface area contributed by atoms with E-state index in [1.165, 1.54) is 0 Å². The van der Waals surface area contributed by atoms with E-state index >= 15 is 0 Å². The number of aromatic nitrogens is 1. The summed E-state index contributed by atoms with van der Waals surface area (Å²) >= 11 is 1.96. The van der Waals surface area contributed by atoms with Crippen LogP contribution in [-0.2, 0) is 11.3 Å². The molecule has 1 aromatic carbocycles. The van der Waals surface area contributed by atoms with Crippen molar-refractivity contribution in [1.29, 1.82) is 0 Å². The van der Waals surface area contributed by atoms with Gasteiger partial charge in [0.05, 0.1) is 14.2 Å². The van der Waals surface area contributed by atoms with Crippen LogP contribution in [0.15, 0.2) is 42.7 Å². The number of hydrogen-bond acceptors (Lipinski definition) is 4. The van der Waals surface area contributed by atoms with Crippen LogP contribution in [0, 0.1) is 0 Å². The quantitative estimate of drug-likeness (QED) is 0.297. The van der Waals surface area contributed by atoms with Crippen LogP contribution in [0.3, 0.4) is 0 Å². The highest BCUT2D eigenvalue weighted by Gasteiger charge is 2.19. The van der Waals surface area contributed by atoms with E-state index in [9.17, 15) is 4.79 Å². The Morgan fingerprint density at radius 1 is 1.03 bits per heavy atom. The maximum Gasteiger partial charge on any atom is 0.220 e. The van der Waals surface area contributed by atoms with Crippen molar-refractivity contribution < 1.29 is 18.8 Å². The standard InChI is InChI=1S/C27H38N2O3S/c1-6-27(3,7-2)33-20-16-28-26(30)9-8-17-29-18-14-22(15-19-29)10-11-23-12-13-24(31-4)25(21-23)32-5/h10-15,18-19,21H,6-9,16-17,20H2,1-5H3/p+1. The van der Waals surface area contributed by atoms with Gasteiger partial charge >= 0.3 is 0 Å². The molecule has 6 heteroatoms. The first-order valence-electron chi connectivity index (χ1n) is 11.7. The lowest BCUT2D eigenvalue weighted by Gasteiger charge is -2.25. The fourth-order valence-corrected chi connectivity index (χ4v) is 4.44. The summed E-state index contributed by atoms with van der Waals surface area (Å²) in [5.41, 5.74) is 2.16. The topological polar surface area (TPSA) is 51.4 Å². The van der Waals surface area contributed by atoms with Gasteiger partial charge < -0.3 is 14.8 Å². The second-order valence-electron chi connectivity index (χ2n) is 8.28. The first kappa shape index (κ1) is 26.8. The largest absolute Gasteiger partial charge is 0.493 e. The molecule has 0 bridgehead atoms. The molecule has 0 unspecified atom stereocenters. The summed E-state index contributed by atoms with van der Waals surface area (Å²) in [6.07, 6.45) is 11.9. The highest BCUT2D eigenvalue weighted by Crippen LogP contribution is 2.31. The van der Waals surface area contributed by atoms with E-state index < -0.39 is 0 Å². The number of aryl methyl sites for hydroxylation is 1. The number of carbonyl (C=O) groups is 1. The lowest BCUT2D eigenvalue weighted by molar-refractivity contribution is -0.697. The van der Waals surface area contributed by atoms with Crippen molar-refractivity contribution in [3.8, 4) is 11.5 Å². The van der Waals surface area contributed by atoms with Crippen molar-refractivity contribution in [2.75, 3.05) is 26.5 Å². The van der Waals surface area contributed by atoms with Crippen molar-refractivity contribution in [2.45, 2.75) is 57.7 Å². The van der Waals surface area contributed by atoms with Crippen molar-refractivity contribution in [3.05, 3.63) is 53.9 Å². The Hall–Kier alpha value is -2.47. The van der Waals surface area contributed by atoms with Crippen molar-refractivity contribution >= 4 is 29.8 Å². The normalized spacial score (nSPS) is 11.5. The maximum atomic E-state index is 12.1. The molecule has 0 aliphatic rings. The molecular weight excluding hydrogens is 432 g/mol. The molecule has 0 aliphatic heterocycles. The molecule has 1 N–H and O–H groups in total. The minimum absolute atomic E-state index is 0.139. The molecule has 2 aromatic rings. The molecule has 2 rings (SSSR count). The van der Waals surface area contributed by atoms with Gasteiger partial charge in [0.25, 0.3) is 0 Å². The number of thioether (sulfide) groups is 1. The molecule has 0 aliphatic carbocycles. The number of nitrogens with one attached hydrogen (secondary N) is 1. The van der Waals surface area contributed by atoms with Gasteiger partial charge in [-0.3, -0.25) is 4.79 Å². The summed E-state index contributed by atoms with van der Waals surface area (Å²) in [7, 11) is 3.27. The second-order valence-corrected chi connectivity index (χ2v) is 9.96. The first-order valence-corrected chi connectivity index (χ1v) is 12.7. The molecule has 5 nitrogen and oxygen atoms in total. The number of methoxy groups -OCH3 is 2. The van der Waals surface area contributed by atoms with Gasteiger partial charge in [0, 0.05) is 42.0 Å². The fraction of sp³-hybridized carbons (Fsp3) is 0.481. The van der Waals surface area contributed by atoms with E-state index in [4.69, 9.17) is 9.47 Å². The molecule has 1 amide bonds. The highest BCUT2D eigenvalue weighted by atomic mass is 32.2. The van der Waals surface area contributed by atoms with Crippen LogP contribution < -0.4 is 19.4 Å². The molecular formula is C27H39N2O3S+. The predicted octanol–water partition coefficient (Wildman–Crippen LogP) is 5.37. The van der Waals surface area contributed by atoms with Gasteiger partial charge in [0.15, 0.2) is 23.9 Å². The van der Waals surface area contributed by atoms with Crippen LogP contribution in [0.25, 0.3) is 12.2 Å². The Morgan fingerprint density at radius 2 is 1.70 bits per heavy atom. The van der Waals surface area contributed by atoms with Gasteiger partial charge in [-0.25, -0.2) is 4.57 Å². The summed E-state index contributed by atoms with van der Waals surface area (Å²) in [6.45, 7) is 8.33. The average molecular weight is 472 g/mol. The minimum atomic E-state index is 0.139. The number of ether oxygens (including phenoxy) is 2. The Labute approximate surface area is 203 Å². The van der Waals surface area contributed by atoms with E-state index in [0.717, 1.165) is 55.0 Å². The third-order valence-corrected chi connectivity index (χ3v) is 7.67. The predicted molar refractivity (Wildman–Crippen MR) is 139 cm³/mol. The SMILES string of the molecule is CCC(C)(CC)SCCNC(=O)CCC[n+]1ccc(C=Cc2ccc(OC)c(OC)c2)cc1. The van der Waals surface area contributed by atoms with Gasteiger partial charge in [-0.15, -0.1) is 0 Å². The molecule has 33 heavy (non-hydrogen) atoms. The molecule has 0 fully saturated rings. The first-order chi connectivity index (χ1) is 15.9. The fourth-order valence-electron chi connectivity index (χ4n) is 3.33. The van der Waals surface area contributed by atoms with Gasteiger partial charge in [0.2, 0.25) is 5.91 Å². The molecule has 0 radical (unpaired) electrons. The summed E-state index contributed by atoms with van der Waals surface area (Å²) in [6, 6.07) is 10.0. The van der Waals surface area contributed by atoms with Crippen LogP contribution >= 0.6 is 11.8 Å². The zero-order valence-corrected chi connectivity index (χ0v) is 21.5. The van der Waals surface area contributed by atoms with Crippen molar-refractivity contribution in [3.63, 3.8) is 0 Å². The molecule has 0 atom stereocenters. The zero-order chi connectivity index (χ0) is 24.1. The number of nitrogens with zero attached hydrogens (tertiary/aromatic N) is 1. The number of benzene rings is 1. The third kappa shape index (κ3) is 9.12. The Balaban J connectivity index is 1.73. The number of pyridine rings is 1. The van der Waals surface area contributed by atoms with E-state index in [0.29, 0.717) is 16.9 Å². The lowest BCUT2D eigenvalue weighted by atomic mass is 10.1. The second kappa shape index (κ2) is 13.9. The van der Waals surface area contributed by atoms with E-state index in [-0.39, 0.29) is 5.91 Å². The smallest absolute Gasteiger partial charge is 0.220 e. The summed E-state index contributed by atoms with van der Waals surface area (Å²) in [4.78, 5) is 12.1. The van der Waals surface area contributed by atoms with Gasteiger partial charge in [-0.2, -0.15) is 11.8 Å². The lowest BCUT2D eigenvalue weighted by Crippen LogP contribution is -2.34. The van der Waals surface area contributed by atoms with Crippen molar-refractivity contribution in [2.24, 2.45) is 0 Å². The third-order valence-electron chi connectivity index (χ3n) is 5.98. The highest BCUT2D eigenvalue weighted by molar-refractivity contribution is 8.00. The van der Waals surface area contributed by atoms with E-state index in [1.54, 1.807) is 14.2 Å². The molecule has 0 spiro atoms. The van der Waals surface area contributed by atoms with Gasteiger partial charge in [-0.05, 0) is 36.1 Å². The van der Waals surface area contributed by atoms with Crippen LogP contribution in [0.2, 0.25) is 0 Å². The van der Waals surface area contributed by atoms with E-state index in [2.05, 4.69) is 61.3 Å². The monoisotopic (exact) mass is 471 g/mol. The number of hydrogen-bond donors (Lipinski definition) is 1. The Bertz CT molecular complexity index is 893. The molecule has 0 saturated heterocycles. The average Bonchev–Trinajstić information content (AvgIpc) is 2.85. The summed E-state index contributed by atoms with van der Waals surface area (Å²) in [5.74, 6) is 2.55. The molecule has 1 heterocycles. The molecule has 1 aromatic heterocycles. The van der Waals surface area contributed by atoms with E-state index in [1.807, 2.05) is 36.0 Å². The van der Waals surface area contributed by atoms with Gasteiger partial charge in [-0.1, -0.05) is 39.0 Å². The van der Waals surface area contributed by atoms with Crippen molar-refractivity contribution in [1.82, 2.24) is 5.32 Å². The van der Waals surface area contributed by atoms with Gasteiger partial charge in [0.1, 0.15) is 6.54 Å². The maximum absolute atomic E-state index is 12.1. The number of rotatable bonds is 14. The summed E-state index contributed by atoms with van der Waals surface area (Å²) in [5, 5.41) is 3.05. The molecule has 180 valence electrons. The number of carbonyl (C=O) groups excluding carboxylic acids is 1.